The largest absolute Gasteiger partial charge is 0.490 e. The number of ether oxygens (including phenoxy) is 1. The summed E-state index contributed by atoms with van der Waals surface area (Å²) in [6.07, 6.45) is 0. The molecule has 1 N–H and O–H groups in total. The number of nitro groups is 1. The average Bonchev–Trinajstić information content (AvgIpc) is 2.16. The molecule has 7 heteroatoms. The van der Waals surface area contributed by atoms with Crippen LogP contribution in [0.15, 0.2) is 12.1 Å². The molecule has 0 bridgehead atoms. The van der Waals surface area contributed by atoms with E-state index in [0.717, 1.165) is 7.11 Å². The van der Waals surface area contributed by atoms with Gasteiger partial charge in [0.25, 0.3) is 0 Å². The summed E-state index contributed by atoms with van der Waals surface area (Å²) < 4.78 is 17.6. The molecule has 1 aromatic carbocycles. The van der Waals surface area contributed by atoms with Gasteiger partial charge in [-0.05, 0) is 0 Å². The second-order valence-electron chi connectivity index (χ2n) is 2.57. The average molecular weight is 215 g/mol. The Balaban J connectivity index is 3.43. The maximum absolute atomic E-state index is 13.0. The van der Waals surface area contributed by atoms with E-state index in [1.165, 1.54) is 0 Å². The fourth-order valence-corrected chi connectivity index (χ4v) is 1.01. The minimum absolute atomic E-state index is 0.317. The van der Waals surface area contributed by atoms with Gasteiger partial charge in [0.1, 0.15) is 11.4 Å². The minimum Gasteiger partial charge on any atom is -0.490 e. The molecule has 0 atom stereocenters. The van der Waals surface area contributed by atoms with Gasteiger partial charge in [0.15, 0.2) is 5.75 Å². The number of halogens is 1. The maximum Gasteiger partial charge on any atom is 0.338 e. The summed E-state index contributed by atoms with van der Waals surface area (Å²) in [7, 11) is 1.13. The Morgan fingerprint density at radius 1 is 1.60 bits per heavy atom. The number of benzene rings is 1. The number of nitrogens with zero attached hydrogens (tertiary/aromatic N) is 1. The molecule has 0 unspecified atom stereocenters. The third-order valence-electron chi connectivity index (χ3n) is 1.70. The minimum atomic E-state index is -1.57. The molecule has 80 valence electrons. The summed E-state index contributed by atoms with van der Waals surface area (Å²) in [6, 6.07) is 1.29. The van der Waals surface area contributed by atoms with E-state index in [9.17, 15) is 19.3 Å². The van der Waals surface area contributed by atoms with E-state index in [1.807, 2.05) is 0 Å². The molecule has 0 heterocycles. The molecule has 0 aliphatic carbocycles. The van der Waals surface area contributed by atoms with Crippen LogP contribution in [0.5, 0.6) is 5.75 Å². The third kappa shape index (κ3) is 2.01. The van der Waals surface area contributed by atoms with Crippen LogP contribution in [-0.4, -0.2) is 23.1 Å². The van der Waals surface area contributed by atoms with Crippen LogP contribution in [0.4, 0.5) is 10.1 Å². The van der Waals surface area contributed by atoms with Crippen molar-refractivity contribution in [2.75, 3.05) is 7.11 Å². The van der Waals surface area contributed by atoms with Crippen molar-refractivity contribution in [1.82, 2.24) is 0 Å². The van der Waals surface area contributed by atoms with Crippen LogP contribution in [-0.2, 0) is 0 Å². The SMILES string of the molecule is COc1cc(F)c(C(=O)O)cc1[N+](=O)[O-]. The van der Waals surface area contributed by atoms with Gasteiger partial charge in [0.2, 0.25) is 0 Å². The Bertz CT molecular complexity index is 431. The lowest BCUT2D eigenvalue weighted by molar-refractivity contribution is -0.385. The standard InChI is InChI=1S/C8H6FNO5/c1-15-7-3-5(9)4(8(11)12)2-6(7)10(13)14/h2-3H,1H3,(H,11,12). The van der Waals surface area contributed by atoms with Crippen molar-refractivity contribution in [3.63, 3.8) is 0 Å². The zero-order valence-corrected chi connectivity index (χ0v) is 7.56. The van der Waals surface area contributed by atoms with Gasteiger partial charge in [0, 0.05) is 12.1 Å². The van der Waals surface area contributed by atoms with E-state index in [-0.39, 0.29) is 5.75 Å². The lowest BCUT2D eigenvalue weighted by Gasteiger charge is -2.03. The van der Waals surface area contributed by atoms with Crippen LogP contribution in [0.1, 0.15) is 10.4 Å². The highest BCUT2D eigenvalue weighted by Crippen LogP contribution is 2.29. The highest BCUT2D eigenvalue weighted by atomic mass is 19.1. The quantitative estimate of drug-likeness (QED) is 0.608. The molecule has 1 aromatic rings. The zero-order valence-electron chi connectivity index (χ0n) is 7.56. The molecule has 0 spiro atoms. The van der Waals surface area contributed by atoms with Gasteiger partial charge in [-0.1, -0.05) is 0 Å². The van der Waals surface area contributed by atoms with E-state index in [2.05, 4.69) is 4.74 Å². The fourth-order valence-electron chi connectivity index (χ4n) is 1.01. The van der Waals surface area contributed by atoms with Crippen LogP contribution < -0.4 is 4.74 Å². The molecule has 0 amide bonds. The van der Waals surface area contributed by atoms with Crippen molar-refractivity contribution in [2.45, 2.75) is 0 Å². The molecule has 0 radical (unpaired) electrons. The summed E-state index contributed by atoms with van der Waals surface area (Å²) in [5, 5.41) is 19.0. The topological polar surface area (TPSA) is 89.7 Å². The first-order valence-corrected chi connectivity index (χ1v) is 3.72. The monoisotopic (exact) mass is 215 g/mol. The van der Waals surface area contributed by atoms with Gasteiger partial charge < -0.3 is 9.84 Å². The van der Waals surface area contributed by atoms with Crippen LogP contribution in [0.3, 0.4) is 0 Å². The number of hydrogen-bond acceptors (Lipinski definition) is 4. The molecule has 15 heavy (non-hydrogen) atoms. The Kier molecular flexibility index (Phi) is 2.84. The van der Waals surface area contributed by atoms with Gasteiger partial charge in [0.05, 0.1) is 12.0 Å². The Labute approximate surface area is 83.0 Å². The fraction of sp³-hybridized carbons (Fsp3) is 0.125. The molecule has 1 rings (SSSR count). The van der Waals surface area contributed by atoms with E-state index in [0.29, 0.717) is 12.1 Å². The number of rotatable bonds is 3. The maximum atomic E-state index is 13.0. The first-order chi connectivity index (χ1) is 6.97. The second-order valence-corrected chi connectivity index (χ2v) is 2.57. The number of carboxylic acid groups (broad SMARTS) is 1. The van der Waals surface area contributed by atoms with Gasteiger partial charge >= 0.3 is 11.7 Å². The highest BCUT2D eigenvalue weighted by molar-refractivity contribution is 5.89. The predicted molar refractivity (Wildman–Crippen MR) is 46.6 cm³/mol. The molecular formula is C8H6FNO5. The van der Waals surface area contributed by atoms with Gasteiger partial charge in [-0.3, -0.25) is 10.1 Å². The van der Waals surface area contributed by atoms with E-state index < -0.39 is 28.0 Å². The van der Waals surface area contributed by atoms with E-state index in [1.54, 1.807) is 0 Å². The summed E-state index contributed by atoms with van der Waals surface area (Å²) in [6.45, 7) is 0. The number of hydrogen-bond donors (Lipinski definition) is 1. The van der Waals surface area contributed by atoms with E-state index in [4.69, 9.17) is 5.11 Å². The highest BCUT2D eigenvalue weighted by Gasteiger charge is 2.22. The van der Waals surface area contributed by atoms with Crippen molar-refractivity contribution in [3.8, 4) is 5.75 Å². The summed E-state index contributed by atoms with van der Waals surface area (Å²) in [5.41, 5.74) is -1.35. The first-order valence-electron chi connectivity index (χ1n) is 3.72. The molecule has 0 aromatic heterocycles. The van der Waals surface area contributed by atoms with Crippen LogP contribution in [0.25, 0.3) is 0 Å². The van der Waals surface area contributed by atoms with Crippen LogP contribution in [0.2, 0.25) is 0 Å². The number of aromatic carboxylic acids is 1. The lowest BCUT2D eigenvalue weighted by atomic mass is 10.2. The normalized spacial score (nSPS) is 9.73. The van der Waals surface area contributed by atoms with Crippen molar-refractivity contribution < 1.29 is 24.0 Å². The Morgan fingerprint density at radius 2 is 2.20 bits per heavy atom. The molecule has 0 saturated carbocycles. The van der Waals surface area contributed by atoms with Gasteiger partial charge in [-0.2, -0.15) is 0 Å². The molecular weight excluding hydrogens is 209 g/mol. The first kappa shape index (κ1) is 10.9. The van der Waals surface area contributed by atoms with E-state index >= 15 is 0 Å². The van der Waals surface area contributed by atoms with Crippen molar-refractivity contribution in [3.05, 3.63) is 33.6 Å². The van der Waals surface area contributed by atoms with Crippen molar-refractivity contribution >= 4 is 11.7 Å². The Morgan fingerprint density at radius 3 is 2.60 bits per heavy atom. The smallest absolute Gasteiger partial charge is 0.338 e. The summed E-state index contributed by atoms with van der Waals surface area (Å²) in [5.74, 6) is -2.97. The number of carbonyl (C=O) groups is 1. The molecule has 0 fully saturated rings. The Hall–Kier alpha value is -2.18. The molecule has 0 aliphatic rings. The summed E-state index contributed by atoms with van der Waals surface area (Å²) >= 11 is 0. The number of carboxylic acids is 1. The van der Waals surface area contributed by atoms with Crippen LogP contribution in [0, 0.1) is 15.9 Å². The second kappa shape index (κ2) is 3.91. The van der Waals surface area contributed by atoms with Gasteiger partial charge in [-0.25, -0.2) is 9.18 Å². The molecule has 6 nitrogen and oxygen atoms in total. The molecule has 0 saturated heterocycles. The summed E-state index contributed by atoms with van der Waals surface area (Å²) in [4.78, 5) is 20.1. The third-order valence-corrected chi connectivity index (χ3v) is 1.70. The zero-order chi connectivity index (χ0) is 11.6. The lowest BCUT2D eigenvalue weighted by Crippen LogP contribution is -2.03. The van der Waals surface area contributed by atoms with Gasteiger partial charge in [-0.15, -0.1) is 0 Å². The van der Waals surface area contributed by atoms with Crippen LogP contribution >= 0.6 is 0 Å². The number of methoxy groups -OCH3 is 1. The van der Waals surface area contributed by atoms with Crippen molar-refractivity contribution in [1.29, 1.82) is 0 Å². The van der Waals surface area contributed by atoms with Crippen molar-refractivity contribution in [2.24, 2.45) is 0 Å². The number of nitro benzene ring substituents is 1. The predicted octanol–water partition coefficient (Wildman–Crippen LogP) is 1.44. The molecule has 0 aliphatic heterocycles.